The smallest absolute Gasteiger partial charge is 0.254 e. The fourth-order valence-corrected chi connectivity index (χ4v) is 5.99. The van der Waals surface area contributed by atoms with Gasteiger partial charge in [-0.2, -0.15) is 0 Å². The molecule has 0 spiro atoms. The molecule has 2 saturated heterocycles. The molecule has 3 N–H and O–H groups in total. The van der Waals surface area contributed by atoms with Crippen LogP contribution in [0.25, 0.3) is 11.5 Å². The average molecular weight is 570 g/mol. The van der Waals surface area contributed by atoms with Gasteiger partial charge in [0, 0.05) is 29.3 Å². The predicted octanol–water partition coefficient (Wildman–Crippen LogP) is 4.07. The summed E-state index contributed by atoms with van der Waals surface area (Å²) in [5.74, 6) is 0.193. The molecule has 10 heteroatoms. The van der Waals surface area contributed by atoms with Crippen LogP contribution < -0.4 is 10.6 Å². The van der Waals surface area contributed by atoms with Crippen LogP contribution in [0, 0.1) is 6.92 Å². The van der Waals surface area contributed by atoms with Crippen molar-refractivity contribution in [3.8, 4) is 11.5 Å². The number of aryl methyl sites for hydroxylation is 1. The number of carbonyl (C=O) groups is 2. The zero-order valence-electron chi connectivity index (χ0n) is 23.5. The second-order valence-electron chi connectivity index (χ2n) is 11.1. The van der Waals surface area contributed by atoms with E-state index in [-0.39, 0.29) is 23.6 Å². The van der Waals surface area contributed by atoms with Crippen LogP contribution in [0.2, 0.25) is 0 Å². The maximum absolute atomic E-state index is 13.9. The lowest BCUT2D eigenvalue weighted by atomic mass is 9.95. The molecule has 6 rings (SSSR count). The molecule has 4 unspecified atom stereocenters. The summed E-state index contributed by atoms with van der Waals surface area (Å²) in [6.07, 6.45) is 7.60. The molecule has 2 aromatic carbocycles. The van der Waals surface area contributed by atoms with Crippen molar-refractivity contribution in [2.24, 2.45) is 0 Å². The summed E-state index contributed by atoms with van der Waals surface area (Å²) in [5, 5.41) is 17.7. The Morgan fingerprint density at radius 1 is 1.12 bits per heavy atom. The largest absolute Gasteiger partial charge is 0.446 e. The van der Waals surface area contributed by atoms with E-state index in [2.05, 4.69) is 20.6 Å². The van der Waals surface area contributed by atoms with Gasteiger partial charge in [0.1, 0.15) is 18.6 Å². The highest BCUT2D eigenvalue weighted by Gasteiger charge is 2.35. The molecule has 2 amide bonds. The monoisotopic (exact) mass is 569 g/mol. The van der Waals surface area contributed by atoms with Gasteiger partial charge in [-0.15, -0.1) is 0 Å². The van der Waals surface area contributed by atoms with Crippen LogP contribution in [-0.2, 0) is 6.42 Å². The van der Waals surface area contributed by atoms with Gasteiger partial charge < -0.3 is 29.5 Å². The number of likely N-dealkylation sites (tertiary alicyclic amines) is 1. The van der Waals surface area contributed by atoms with Crippen molar-refractivity contribution in [2.45, 2.75) is 63.3 Å². The SMILES string of the molecule is Cc1coc(C2CCCN2C(=O)c2cc(C(=O)NC(Cc3ccccc3)C(O)C3CCCN3)cc(-c3ncco3)c2)n1. The summed E-state index contributed by atoms with van der Waals surface area (Å²) in [6.45, 7) is 3.24. The molecule has 0 saturated carbocycles. The fourth-order valence-electron chi connectivity index (χ4n) is 5.99. The van der Waals surface area contributed by atoms with Gasteiger partial charge in [-0.25, -0.2) is 9.97 Å². The topological polar surface area (TPSA) is 134 Å². The molecule has 4 aromatic rings. The Hall–Kier alpha value is -4.28. The standard InChI is InChI=1S/C32H35N5O5/c1-20-19-42-31(35-20)27-10-6-13-37(27)32(40)24-17-22(16-23(18-24)30-34-12-14-41-30)29(39)36-26(15-21-7-3-2-4-8-21)28(38)25-9-5-11-33-25/h2-4,7-8,12,14,16-19,25-28,33,38H,5-6,9-11,13,15H2,1H3,(H,36,39). The molecule has 2 aliphatic rings. The van der Waals surface area contributed by atoms with Crippen LogP contribution in [0.1, 0.15) is 69.6 Å². The van der Waals surface area contributed by atoms with Gasteiger partial charge >= 0.3 is 0 Å². The van der Waals surface area contributed by atoms with Crippen molar-refractivity contribution >= 4 is 11.8 Å². The van der Waals surface area contributed by atoms with Crippen molar-refractivity contribution in [3.05, 3.63) is 95.5 Å². The molecule has 2 fully saturated rings. The second kappa shape index (κ2) is 12.3. The van der Waals surface area contributed by atoms with Gasteiger partial charge in [0.05, 0.1) is 24.0 Å². The third-order valence-electron chi connectivity index (χ3n) is 8.09. The highest BCUT2D eigenvalue weighted by atomic mass is 16.3. The highest BCUT2D eigenvalue weighted by molar-refractivity contribution is 6.01. The van der Waals surface area contributed by atoms with Crippen molar-refractivity contribution in [2.75, 3.05) is 13.1 Å². The van der Waals surface area contributed by atoms with Crippen LogP contribution in [-0.4, -0.2) is 63.1 Å². The van der Waals surface area contributed by atoms with Crippen molar-refractivity contribution < 1.29 is 23.5 Å². The summed E-state index contributed by atoms with van der Waals surface area (Å²) in [5.41, 5.74) is 2.89. The molecule has 10 nitrogen and oxygen atoms in total. The third-order valence-corrected chi connectivity index (χ3v) is 8.09. The van der Waals surface area contributed by atoms with E-state index < -0.39 is 18.1 Å². The Bertz CT molecular complexity index is 1510. The van der Waals surface area contributed by atoms with Crippen molar-refractivity contribution in [1.29, 1.82) is 0 Å². The van der Waals surface area contributed by atoms with Crippen LogP contribution in [0.4, 0.5) is 0 Å². The first-order valence-electron chi connectivity index (χ1n) is 14.5. The van der Waals surface area contributed by atoms with Crippen molar-refractivity contribution in [1.82, 2.24) is 25.5 Å². The Morgan fingerprint density at radius 2 is 1.95 bits per heavy atom. The number of nitrogens with zero attached hydrogens (tertiary/aromatic N) is 3. The van der Waals surface area contributed by atoms with E-state index >= 15 is 0 Å². The molecule has 0 radical (unpaired) electrons. The van der Waals surface area contributed by atoms with E-state index in [4.69, 9.17) is 8.83 Å². The Kier molecular flexibility index (Phi) is 8.16. The number of nitrogens with one attached hydrogen (secondary N) is 2. The zero-order chi connectivity index (χ0) is 29.1. The molecule has 2 aromatic heterocycles. The third kappa shape index (κ3) is 6.00. The lowest BCUT2D eigenvalue weighted by molar-refractivity contribution is 0.0715. The maximum Gasteiger partial charge on any atom is 0.254 e. The minimum absolute atomic E-state index is 0.110. The number of hydrogen-bond donors (Lipinski definition) is 3. The van der Waals surface area contributed by atoms with E-state index in [0.717, 1.165) is 43.5 Å². The van der Waals surface area contributed by atoms with Gasteiger partial charge in [-0.05, 0) is 69.3 Å². The number of amides is 2. The summed E-state index contributed by atoms with van der Waals surface area (Å²) in [6, 6.07) is 13.8. The first kappa shape index (κ1) is 27.9. The van der Waals surface area contributed by atoms with Crippen LogP contribution in [0.5, 0.6) is 0 Å². The molecule has 42 heavy (non-hydrogen) atoms. The van der Waals surface area contributed by atoms with E-state index in [1.807, 2.05) is 37.3 Å². The van der Waals surface area contributed by atoms with Gasteiger partial charge in [-0.1, -0.05) is 30.3 Å². The summed E-state index contributed by atoms with van der Waals surface area (Å²) in [4.78, 5) is 38.2. The number of aliphatic hydroxyl groups excluding tert-OH is 1. The molecule has 0 bridgehead atoms. The molecule has 218 valence electrons. The fraction of sp³-hybridized carbons (Fsp3) is 0.375. The molecular formula is C32H35N5O5. The molecular weight excluding hydrogens is 534 g/mol. The normalized spacial score (nSPS) is 20.0. The summed E-state index contributed by atoms with van der Waals surface area (Å²) in [7, 11) is 0. The summed E-state index contributed by atoms with van der Waals surface area (Å²) >= 11 is 0. The van der Waals surface area contributed by atoms with E-state index in [1.54, 1.807) is 29.4 Å². The maximum atomic E-state index is 13.9. The quantitative estimate of drug-likeness (QED) is 0.275. The van der Waals surface area contributed by atoms with E-state index in [0.29, 0.717) is 35.9 Å². The first-order chi connectivity index (χ1) is 20.5. The van der Waals surface area contributed by atoms with Gasteiger partial charge in [0.15, 0.2) is 0 Å². The number of hydrogen-bond acceptors (Lipinski definition) is 8. The van der Waals surface area contributed by atoms with Crippen molar-refractivity contribution in [3.63, 3.8) is 0 Å². The number of oxazole rings is 2. The molecule has 4 heterocycles. The van der Waals surface area contributed by atoms with Gasteiger partial charge in [-0.3, -0.25) is 9.59 Å². The van der Waals surface area contributed by atoms with E-state index in [9.17, 15) is 14.7 Å². The minimum atomic E-state index is -0.790. The van der Waals surface area contributed by atoms with Gasteiger partial charge in [0.25, 0.3) is 11.8 Å². The van der Waals surface area contributed by atoms with Crippen LogP contribution in [0.15, 0.2) is 76.1 Å². The zero-order valence-corrected chi connectivity index (χ0v) is 23.5. The number of rotatable bonds is 9. The Morgan fingerprint density at radius 3 is 2.67 bits per heavy atom. The molecule has 0 aliphatic carbocycles. The lowest BCUT2D eigenvalue weighted by Gasteiger charge is -2.29. The average Bonchev–Trinajstić information content (AvgIpc) is 3.84. The number of aliphatic hydroxyl groups is 1. The van der Waals surface area contributed by atoms with Crippen LogP contribution in [0.3, 0.4) is 0 Å². The second-order valence-corrected chi connectivity index (χ2v) is 11.1. The minimum Gasteiger partial charge on any atom is -0.446 e. The number of benzene rings is 2. The van der Waals surface area contributed by atoms with Crippen LogP contribution >= 0.6 is 0 Å². The molecule has 4 atom stereocenters. The molecule has 2 aliphatic heterocycles. The Balaban J connectivity index is 1.30. The number of aromatic nitrogens is 2. The van der Waals surface area contributed by atoms with Gasteiger partial charge in [0.2, 0.25) is 11.8 Å². The predicted molar refractivity (Wildman–Crippen MR) is 155 cm³/mol. The number of carbonyl (C=O) groups excluding carboxylic acids is 2. The first-order valence-corrected chi connectivity index (χ1v) is 14.5. The summed E-state index contributed by atoms with van der Waals surface area (Å²) < 4.78 is 11.2. The van der Waals surface area contributed by atoms with E-state index in [1.165, 1.54) is 12.5 Å². The lowest BCUT2D eigenvalue weighted by Crippen LogP contribution is -2.52. The Labute approximate surface area is 244 Å². The highest BCUT2D eigenvalue weighted by Crippen LogP contribution is 2.33.